The molecule has 0 aliphatic carbocycles. The summed E-state index contributed by atoms with van der Waals surface area (Å²) in [4.78, 5) is 2.78. The van der Waals surface area contributed by atoms with Crippen LogP contribution in [0, 0.1) is 3.57 Å². The molecular weight excluding hydrogens is 347 g/mol. The Kier molecular flexibility index (Phi) is 4.72. The maximum absolute atomic E-state index is 5.62. The van der Waals surface area contributed by atoms with Gasteiger partial charge in [-0.3, -0.25) is 4.90 Å². The molecule has 0 bridgehead atoms. The summed E-state index contributed by atoms with van der Waals surface area (Å²) in [6.45, 7) is 3.36. The molecule has 1 saturated heterocycles. The Balaban J connectivity index is 1.94. The number of halogens is 1. The van der Waals surface area contributed by atoms with Crippen molar-refractivity contribution in [3.8, 4) is 0 Å². The van der Waals surface area contributed by atoms with Crippen LogP contribution in [-0.4, -0.2) is 35.7 Å². The van der Waals surface area contributed by atoms with Gasteiger partial charge in [0.05, 0.1) is 6.61 Å². The third-order valence-electron chi connectivity index (χ3n) is 2.79. The van der Waals surface area contributed by atoms with Crippen LogP contribution >= 0.6 is 34.8 Å². The lowest BCUT2D eigenvalue weighted by Crippen LogP contribution is -2.47. The number of morpholine rings is 1. The van der Waals surface area contributed by atoms with E-state index in [0.29, 0.717) is 11.6 Å². The van der Waals surface area contributed by atoms with Crippen LogP contribution in [0.25, 0.3) is 0 Å². The zero-order chi connectivity index (χ0) is 12.3. The number of hydrogen-bond acceptors (Lipinski definition) is 3. The predicted octanol–water partition coefficient (Wildman–Crippen LogP) is 1.78. The van der Waals surface area contributed by atoms with Gasteiger partial charge in [0.15, 0.2) is 0 Å². The highest BCUT2D eigenvalue weighted by Gasteiger charge is 2.22. The summed E-state index contributed by atoms with van der Waals surface area (Å²) in [7, 11) is 0. The maximum Gasteiger partial charge on any atom is 0.120 e. The first kappa shape index (κ1) is 13.2. The molecule has 1 aromatic carbocycles. The molecule has 92 valence electrons. The predicted molar refractivity (Wildman–Crippen MR) is 81.0 cm³/mol. The molecule has 1 atom stereocenters. The molecule has 2 N–H and O–H groups in total. The van der Waals surface area contributed by atoms with E-state index in [4.69, 9.17) is 22.7 Å². The monoisotopic (exact) mass is 362 g/mol. The van der Waals surface area contributed by atoms with Crippen molar-refractivity contribution in [3.63, 3.8) is 0 Å². The minimum Gasteiger partial charge on any atom is -0.391 e. The first-order valence-electron chi connectivity index (χ1n) is 5.53. The van der Waals surface area contributed by atoms with Crippen molar-refractivity contribution in [1.29, 1.82) is 0 Å². The van der Waals surface area contributed by atoms with Gasteiger partial charge in [0.1, 0.15) is 11.1 Å². The van der Waals surface area contributed by atoms with Gasteiger partial charge < -0.3 is 10.5 Å². The molecular formula is C12H15IN2OS. The molecule has 0 saturated carbocycles. The third-order valence-corrected chi connectivity index (χ3v) is 3.77. The summed E-state index contributed by atoms with van der Waals surface area (Å²) in [5, 5.41) is 0. The van der Waals surface area contributed by atoms with Crippen LogP contribution in [0.4, 0.5) is 0 Å². The molecule has 2 rings (SSSR count). The fraction of sp³-hybridized carbons (Fsp3) is 0.417. The van der Waals surface area contributed by atoms with Crippen molar-refractivity contribution in [2.75, 3.05) is 19.7 Å². The van der Waals surface area contributed by atoms with E-state index in [0.717, 1.165) is 19.6 Å². The Morgan fingerprint density at radius 1 is 1.47 bits per heavy atom. The molecule has 0 amide bonds. The number of hydrogen-bond donors (Lipinski definition) is 1. The second-order valence-electron chi connectivity index (χ2n) is 4.12. The Morgan fingerprint density at radius 3 is 2.82 bits per heavy atom. The summed E-state index contributed by atoms with van der Waals surface area (Å²) < 4.78 is 6.78. The zero-order valence-corrected chi connectivity index (χ0v) is 12.4. The van der Waals surface area contributed by atoms with E-state index in [1.54, 1.807) is 0 Å². The standard InChI is InChI=1S/C12H15IN2OS/c13-10-3-1-9(2-4-10)7-15-5-6-16-11(8-15)12(14)17/h1-4,11H,5-8H2,(H2,14,17). The van der Waals surface area contributed by atoms with Crippen LogP contribution in [0.15, 0.2) is 24.3 Å². The van der Waals surface area contributed by atoms with E-state index in [-0.39, 0.29) is 6.10 Å². The van der Waals surface area contributed by atoms with Crippen molar-refractivity contribution in [1.82, 2.24) is 4.90 Å². The zero-order valence-electron chi connectivity index (χ0n) is 9.43. The summed E-state index contributed by atoms with van der Waals surface area (Å²) >= 11 is 7.29. The van der Waals surface area contributed by atoms with Gasteiger partial charge in [-0.05, 0) is 40.3 Å². The second-order valence-corrected chi connectivity index (χ2v) is 5.84. The first-order valence-corrected chi connectivity index (χ1v) is 7.01. The highest BCUT2D eigenvalue weighted by molar-refractivity contribution is 14.1. The van der Waals surface area contributed by atoms with Crippen LogP contribution in [-0.2, 0) is 11.3 Å². The minimum absolute atomic E-state index is 0.0948. The number of rotatable bonds is 3. The lowest BCUT2D eigenvalue weighted by molar-refractivity contribution is 0.00391. The SMILES string of the molecule is NC(=S)C1CN(Cc2ccc(I)cc2)CCO1. The van der Waals surface area contributed by atoms with Gasteiger partial charge >= 0.3 is 0 Å². The molecule has 0 aromatic heterocycles. The molecule has 0 spiro atoms. The van der Waals surface area contributed by atoms with Gasteiger partial charge in [-0.2, -0.15) is 0 Å². The molecule has 1 unspecified atom stereocenters. The Morgan fingerprint density at radius 2 is 2.18 bits per heavy atom. The fourth-order valence-electron chi connectivity index (χ4n) is 1.87. The van der Waals surface area contributed by atoms with Crippen LogP contribution in [0.3, 0.4) is 0 Å². The summed E-state index contributed by atoms with van der Waals surface area (Å²) in [6, 6.07) is 8.57. The summed E-state index contributed by atoms with van der Waals surface area (Å²) in [5.41, 5.74) is 6.94. The minimum atomic E-state index is -0.0948. The van der Waals surface area contributed by atoms with Gasteiger partial charge in [-0.1, -0.05) is 24.4 Å². The van der Waals surface area contributed by atoms with E-state index in [2.05, 4.69) is 51.8 Å². The molecule has 1 aromatic rings. The van der Waals surface area contributed by atoms with E-state index >= 15 is 0 Å². The number of thiocarbonyl (C=S) groups is 1. The number of nitrogens with zero attached hydrogens (tertiary/aromatic N) is 1. The normalized spacial score (nSPS) is 21.4. The summed E-state index contributed by atoms with van der Waals surface area (Å²) in [5.74, 6) is 0. The first-order chi connectivity index (χ1) is 8.15. The highest BCUT2D eigenvalue weighted by Crippen LogP contribution is 2.12. The van der Waals surface area contributed by atoms with Crippen molar-refractivity contribution in [3.05, 3.63) is 33.4 Å². The fourth-order valence-corrected chi connectivity index (χ4v) is 2.37. The van der Waals surface area contributed by atoms with E-state index in [1.165, 1.54) is 9.13 Å². The number of benzene rings is 1. The maximum atomic E-state index is 5.62. The second kappa shape index (κ2) is 6.08. The molecule has 1 aliphatic rings. The number of ether oxygens (including phenoxy) is 1. The quantitative estimate of drug-likeness (QED) is 0.657. The van der Waals surface area contributed by atoms with Gasteiger partial charge in [0, 0.05) is 23.2 Å². The number of nitrogens with two attached hydrogens (primary N) is 1. The molecule has 1 aliphatic heterocycles. The molecule has 1 fully saturated rings. The molecule has 3 nitrogen and oxygen atoms in total. The van der Waals surface area contributed by atoms with Crippen LogP contribution in [0.5, 0.6) is 0 Å². The Labute approximate surface area is 120 Å². The van der Waals surface area contributed by atoms with Crippen molar-refractivity contribution >= 4 is 39.8 Å². The average Bonchev–Trinajstić information content (AvgIpc) is 2.32. The molecule has 0 radical (unpaired) electrons. The Bertz CT molecular complexity index is 396. The van der Waals surface area contributed by atoms with E-state index in [9.17, 15) is 0 Å². The van der Waals surface area contributed by atoms with E-state index in [1.807, 2.05) is 0 Å². The molecule has 5 heteroatoms. The molecule has 17 heavy (non-hydrogen) atoms. The van der Waals surface area contributed by atoms with Gasteiger partial charge in [-0.15, -0.1) is 0 Å². The summed E-state index contributed by atoms with van der Waals surface area (Å²) in [6.07, 6.45) is -0.0948. The van der Waals surface area contributed by atoms with Crippen molar-refractivity contribution in [2.45, 2.75) is 12.6 Å². The average molecular weight is 362 g/mol. The largest absolute Gasteiger partial charge is 0.391 e. The highest BCUT2D eigenvalue weighted by atomic mass is 127. The molecule has 1 heterocycles. The van der Waals surface area contributed by atoms with Crippen LogP contribution in [0.1, 0.15) is 5.56 Å². The third kappa shape index (κ3) is 3.87. The van der Waals surface area contributed by atoms with Crippen molar-refractivity contribution in [2.24, 2.45) is 5.73 Å². The Hall–Kier alpha value is -0.240. The van der Waals surface area contributed by atoms with Gasteiger partial charge in [0.2, 0.25) is 0 Å². The van der Waals surface area contributed by atoms with Crippen LogP contribution < -0.4 is 5.73 Å². The lowest BCUT2D eigenvalue weighted by Gasteiger charge is -2.32. The van der Waals surface area contributed by atoms with Gasteiger partial charge in [0.25, 0.3) is 0 Å². The van der Waals surface area contributed by atoms with Gasteiger partial charge in [-0.25, -0.2) is 0 Å². The van der Waals surface area contributed by atoms with E-state index < -0.39 is 0 Å². The smallest absolute Gasteiger partial charge is 0.120 e. The van der Waals surface area contributed by atoms with Crippen molar-refractivity contribution < 1.29 is 4.74 Å². The topological polar surface area (TPSA) is 38.5 Å². The lowest BCUT2D eigenvalue weighted by atomic mass is 10.2. The van der Waals surface area contributed by atoms with Crippen LogP contribution in [0.2, 0.25) is 0 Å².